The van der Waals surface area contributed by atoms with Crippen molar-refractivity contribution in [2.24, 2.45) is 0 Å². The molecule has 1 aromatic heterocycles. The molecule has 110 valence electrons. The van der Waals surface area contributed by atoms with E-state index in [1.54, 1.807) is 36.4 Å². The summed E-state index contributed by atoms with van der Waals surface area (Å²) >= 11 is 0. The lowest BCUT2D eigenvalue weighted by Gasteiger charge is -2.08. The Bertz CT molecular complexity index is 599. The molecular formula is C15H17N3O3. The summed E-state index contributed by atoms with van der Waals surface area (Å²) in [5.41, 5.74) is 6.88. The van der Waals surface area contributed by atoms with Gasteiger partial charge >= 0.3 is 0 Å². The molecule has 1 amide bonds. The van der Waals surface area contributed by atoms with Crippen molar-refractivity contribution >= 4 is 17.3 Å². The molecule has 0 bridgehead atoms. The molecule has 0 unspecified atom stereocenters. The lowest BCUT2D eigenvalue weighted by molar-refractivity contribution is -0.116. The van der Waals surface area contributed by atoms with Gasteiger partial charge in [-0.05, 0) is 18.2 Å². The minimum atomic E-state index is -0.147. The molecule has 0 aliphatic rings. The number of benzene rings is 1. The van der Waals surface area contributed by atoms with E-state index >= 15 is 0 Å². The van der Waals surface area contributed by atoms with E-state index in [0.29, 0.717) is 23.0 Å². The largest absolute Gasteiger partial charge is 0.493 e. The number of aromatic nitrogens is 1. The second-order valence-corrected chi connectivity index (χ2v) is 4.31. The van der Waals surface area contributed by atoms with E-state index in [1.165, 1.54) is 13.3 Å². The Morgan fingerprint density at radius 1 is 1.33 bits per heavy atom. The van der Waals surface area contributed by atoms with Crippen LogP contribution in [0.25, 0.3) is 0 Å². The first kappa shape index (κ1) is 14.6. The fourth-order valence-electron chi connectivity index (χ4n) is 1.66. The lowest BCUT2D eigenvalue weighted by atomic mass is 10.3. The number of pyridine rings is 1. The quantitative estimate of drug-likeness (QED) is 0.794. The van der Waals surface area contributed by atoms with Gasteiger partial charge in [-0.2, -0.15) is 0 Å². The highest BCUT2D eigenvalue weighted by molar-refractivity contribution is 5.90. The van der Waals surface area contributed by atoms with Crippen molar-refractivity contribution in [1.82, 2.24) is 4.98 Å². The number of amides is 1. The molecule has 2 rings (SSSR count). The van der Waals surface area contributed by atoms with E-state index in [9.17, 15) is 4.79 Å². The van der Waals surface area contributed by atoms with Crippen LogP contribution in [0.4, 0.5) is 11.4 Å². The first-order valence-corrected chi connectivity index (χ1v) is 6.45. The SMILES string of the molecule is COc1ccc(NC(=O)CCOc2cccc(N)c2)cn1. The van der Waals surface area contributed by atoms with Gasteiger partial charge in [0.15, 0.2) is 0 Å². The molecule has 6 nitrogen and oxygen atoms in total. The van der Waals surface area contributed by atoms with Crippen LogP contribution < -0.4 is 20.5 Å². The van der Waals surface area contributed by atoms with Crippen LogP contribution in [0, 0.1) is 0 Å². The average Bonchev–Trinajstić information content (AvgIpc) is 2.48. The van der Waals surface area contributed by atoms with Crippen molar-refractivity contribution in [3.05, 3.63) is 42.6 Å². The van der Waals surface area contributed by atoms with Gasteiger partial charge in [-0.15, -0.1) is 0 Å². The number of carbonyl (C=O) groups excluding carboxylic acids is 1. The molecule has 21 heavy (non-hydrogen) atoms. The number of methoxy groups -OCH3 is 1. The minimum absolute atomic E-state index is 0.147. The Labute approximate surface area is 122 Å². The molecule has 1 heterocycles. The summed E-state index contributed by atoms with van der Waals surface area (Å²) in [7, 11) is 1.54. The third-order valence-corrected chi connectivity index (χ3v) is 2.69. The number of nitrogen functional groups attached to an aromatic ring is 1. The van der Waals surface area contributed by atoms with E-state index < -0.39 is 0 Å². The van der Waals surface area contributed by atoms with Gasteiger partial charge in [0, 0.05) is 17.8 Å². The van der Waals surface area contributed by atoms with Gasteiger partial charge in [-0.25, -0.2) is 4.98 Å². The number of anilines is 2. The highest BCUT2D eigenvalue weighted by atomic mass is 16.5. The summed E-state index contributed by atoms with van der Waals surface area (Å²) in [5, 5.41) is 2.73. The third kappa shape index (κ3) is 4.68. The highest BCUT2D eigenvalue weighted by Crippen LogP contribution is 2.15. The lowest BCUT2D eigenvalue weighted by Crippen LogP contribution is -2.15. The molecule has 0 aliphatic heterocycles. The number of hydrogen-bond acceptors (Lipinski definition) is 5. The molecule has 0 radical (unpaired) electrons. The van der Waals surface area contributed by atoms with Crippen molar-refractivity contribution in [3.8, 4) is 11.6 Å². The van der Waals surface area contributed by atoms with Gasteiger partial charge in [-0.3, -0.25) is 4.79 Å². The molecule has 0 saturated heterocycles. The summed E-state index contributed by atoms with van der Waals surface area (Å²) in [6.07, 6.45) is 1.77. The fraction of sp³-hybridized carbons (Fsp3) is 0.200. The van der Waals surface area contributed by atoms with Crippen LogP contribution >= 0.6 is 0 Å². The summed E-state index contributed by atoms with van der Waals surface area (Å²) in [4.78, 5) is 15.8. The van der Waals surface area contributed by atoms with Gasteiger partial charge in [-0.1, -0.05) is 6.07 Å². The molecule has 6 heteroatoms. The Kier molecular flexibility index (Phi) is 4.98. The molecule has 0 saturated carbocycles. The van der Waals surface area contributed by atoms with Crippen LogP contribution in [0.1, 0.15) is 6.42 Å². The molecule has 0 aliphatic carbocycles. The van der Waals surface area contributed by atoms with E-state index in [-0.39, 0.29) is 18.9 Å². The number of rotatable bonds is 6. The van der Waals surface area contributed by atoms with E-state index in [4.69, 9.17) is 15.2 Å². The van der Waals surface area contributed by atoms with Crippen LogP contribution in [0.3, 0.4) is 0 Å². The van der Waals surface area contributed by atoms with Gasteiger partial charge in [0.05, 0.1) is 32.0 Å². The summed E-state index contributed by atoms with van der Waals surface area (Å²) < 4.78 is 10.4. The zero-order valence-electron chi connectivity index (χ0n) is 11.7. The predicted molar refractivity (Wildman–Crippen MR) is 80.4 cm³/mol. The molecule has 0 spiro atoms. The topological polar surface area (TPSA) is 86.5 Å². The summed E-state index contributed by atoms with van der Waals surface area (Å²) in [6.45, 7) is 0.277. The number of nitrogens with zero attached hydrogens (tertiary/aromatic N) is 1. The molecule has 1 aromatic carbocycles. The maximum absolute atomic E-state index is 11.7. The predicted octanol–water partition coefficient (Wildman–Crippen LogP) is 2.08. The van der Waals surface area contributed by atoms with Crippen molar-refractivity contribution < 1.29 is 14.3 Å². The molecule has 2 aromatic rings. The normalized spacial score (nSPS) is 9.95. The van der Waals surface area contributed by atoms with Crippen LogP contribution in [0.5, 0.6) is 11.6 Å². The minimum Gasteiger partial charge on any atom is -0.493 e. The van der Waals surface area contributed by atoms with Crippen LogP contribution in [-0.4, -0.2) is 24.6 Å². The van der Waals surface area contributed by atoms with Gasteiger partial charge in [0.2, 0.25) is 11.8 Å². The number of nitrogens with two attached hydrogens (primary N) is 1. The second kappa shape index (κ2) is 7.14. The third-order valence-electron chi connectivity index (χ3n) is 2.69. The zero-order chi connectivity index (χ0) is 15.1. The summed E-state index contributed by atoms with van der Waals surface area (Å²) in [6, 6.07) is 10.5. The van der Waals surface area contributed by atoms with Gasteiger partial charge in [0.1, 0.15) is 5.75 Å². The Balaban J connectivity index is 1.76. The number of ether oxygens (including phenoxy) is 2. The standard InChI is InChI=1S/C15H17N3O3/c1-20-15-6-5-12(10-17-15)18-14(19)7-8-21-13-4-2-3-11(16)9-13/h2-6,9-10H,7-8,16H2,1H3,(H,18,19). The summed E-state index contributed by atoms with van der Waals surface area (Å²) in [5.74, 6) is 0.998. The Morgan fingerprint density at radius 3 is 2.86 bits per heavy atom. The first-order valence-electron chi connectivity index (χ1n) is 6.45. The number of hydrogen-bond donors (Lipinski definition) is 2. The van der Waals surface area contributed by atoms with Crippen LogP contribution in [0.2, 0.25) is 0 Å². The highest BCUT2D eigenvalue weighted by Gasteiger charge is 2.04. The van der Waals surface area contributed by atoms with E-state index in [0.717, 1.165) is 0 Å². The van der Waals surface area contributed by atoms with Gasteiger partial charge < -0.3 is 20.5 Å². The smallest absolute Gasteiger partial charge is 0.227 e. The molecule has 0 atom stereocenters. The van der Waals surface area contributed by atoms with Gasteiger partial charge in [0.25, 0.3) is 0 Å². The Morgan fingerprint density at radius 2 is 2.19 bits per heavy atom. The van der Waals surface area contributed by atoms with E-state index in [1.807, 2.05) is 0 Å². The van der Waals surface area contributed by atoms with E-state index in [2.05, 4.69) is 10.3 Å². The maximum Gasteiger partial charge on any atom is 0.227 e. The zero-order valence-corrected chi connectivity index (χ0v) is 11.7. The number of nitrogens with one attached hydrogen (secondary N) is 1. The maximum atomic E-state index is 11.7. The van der Waals surface area contributed by atoms with Crippen LogP contribution in [0.15, 0.2) is 42.6 Å². The van der Waals surface area contributed by atoms with Crippen molar-refractivity contribution in [3.63, 3.8) is 0 Å². The van der Waals surface area contributed by atoms with Crippen molar-refractivity contribution in [2.75, 3.05) is 24.8 Å². The monoisotopic (exact) mass is 287 g/mol. The average molecular weight is 287 g/mol. The van der Waals surface area contributed by atoms with Crippen molar-refractivity contribution in [2.45, 2.75) is 6.42 Å². The molecular weight excluding hydrogens is 270 g/mol. The van der Waals surface area contributed by atoms with Crippen LogP contribution in [-0.2, 0) is 4.79 Å². The molecule has 3 N–H and O–H groups in total. The van der Waals surface area contributed by atoms with Crippen molar-refractivity contribution in [1.29, 1.82) is 0 Å². The fourth-order valence-corrected chi connectivity index (χ4v) is 1.66. The number of carbonyl (C=O) groups is 1. The first-order chi connectivity index (χ1) is 10.2. The molecule has 0 fully saturated rings. The Hall–Kier alpha value is -2.76. The second-order valence-electron chi connectivity index (χ2n) is 4.31.